The summed E-state index contributed by atoms with van der Waals surface area (Å²) in [6, 6.07) is 4.98. The van der Waals surface area contributed by atoms with Gasteiger partial charge in [0, 0.05) is 12.3 Å². The van der Waals surface area contributed by atoms with Crippen molar-refractivity contribution in [3.8, 4) is 0 Å². The number of nitrogens with one attached hydrogen (secondary N) is 5. The van der Waals surface area contributed by atoms with Crippen molar-refractivity contribution in [2.75, 3.05) is 118 Å². The van der Waals surface area contributed by atoms with Crippen molar-refractivity contribution < 1.29 is 61.9 Å². The number of aromatic nitrogens is 3. The Kier molecular flexibility index (Phi) is 31.3. The van der Waals surface area contributed by atoms with Crippen LogP contribution in [-0.4, -0.2) is 164 Å². The molecule has 0 saturated carbocycles. The molecule has 4 amide bonds. The summed E-state index contributed by atoms with van der Waals surface area (Å²) in [6.45, 7) is 13.5. The van der Waals surface area contributed by atoms with E-state index in [-0.39, 0.29) is 19.1 Å². The highest BCUT2D eigenvalue weighted by atomic mass is 16.6. The van der Waals surface area contributed by atoms with Crippen LogP contribution in [0.1, 0.15) is 51.3 Å². The van der Waals surface area contributed by atoms with E-state index in [2.05, 4.69) is 48.7 Å². The number of carbonyl (C=O) groups excluding carboxylic acids is 4. The van der Waals surface area contributed by atoms with Gasteiger partial charge >= 0.3 is 6.09 Å². The summed E-state index contributed by atoms with van der Waals surface area (Å²) in [4.78, 5) is 55.1. The molecular weight excluding hydrogens is 827 g/mol. The summed E-state index contributed by atoms with van der Waals surface area (Å²) in [5.41, 5.74) is 1.71. The van der Waals surface area contributed by atoms with Gasteiger partial charge in [0.25, 0.3) is 0 Å². The van der Waals surface area contributed by atoms with Crippen molar-refractivity contribution >= 4 is 29.5 Å². The minimum absolute atomic E-state index is 0.0136. The van der Waals surface area contributed by atoms with Crippen LogP contribution in [-0.2, 0) is 76.8 Å². The lowest BCUT2D eigenvalue weighted by Crippen LogP contribution is -2.55. The fourth-order valence-electron chi connectivity index (χ4n) is 5.37. The summed E-state index contributed by atoms with van der Waals surface area (Å²) >= 11 is 0. The number of nitrogens with zero attached hydrogens (tertiary/aromatic N) is 3. The molecule has 0 saturated heterocycles. The highest BCUT2D eigenvalue weighted by molar-refractivity contribution is 5.98. The number of benzene rings is 1. The molecule has 0 aliphatic rings. The van der Waals surface area contributed by atoms with E-state index < -0.39 is 42.5 Å². The van der Waals surface area contributed by atoms with Crippen molar-refractivity contribution in [2.24, 2.45) is 11.8 Å². The molecule has 2 atom stereocenters. The smallest absolute Gasteiger partial charge is 0.407 e. The number of ether oxygens (including phenoxy) is 8. The first-order chi connectivity index (χ1) is 30.7. The Morgan fingerprint density at radius 2 is 1.30 bits per heavy atom. The van der Waals surface area contributed by atoms with Crippen LogP contribution >= 0.6 is 0 Å². The van der Waals surface area contributed by atoms with Crippen LogP contribution in [0.15, 0.2) is 30.5 Å². The second-order valence-electron chi connectivity index (χ2n) is 14.3. The van der Waals surface area contributed by atoms with Crippen LogP contribution in [0.3, 0.4) is 0 Å². The zero-order valence-electron chi connectivity index (χ0n) is 37.4. The first kappa shape index (κ1) is 54.8. The lowest BCUT2D eigenvalue weighted by molar-refractivity contribution is -0.133. The average molecular weight is 898 g/mol. The summed E-state index contributed by atoms with van der Waals surface area (Å²) in [5.74, 6) is 3.24. The molecule has 0 spiro atoms. The Labute approximate surface area is 370 Å². The predicted molar refractivity (Wildman–Crippen MR) is 230 cm³/mol. The molecule has 0 radical (unpaired) electrons. The van der Waals surface area contributed by atoms with Gasteiger partial charge in [-0.2, -0.15) is 0 Å². The molecule has 7 N–H and O–H groups in total. The third-order valence-electron chi connectivity index (χ3n) is 8.67. The monoisotopic (exact) mass is 898 g/mol. The Hall–Kier alpha value is -4.36. The number of rotatable bonds is 39. The lowest BCUT2D eigenvalue weighted by atomic mass is 10.0. The quantitative estimate of drug-likeness (QED) is 0.0398. The number of hydrogen-bond acceptors (Lipinski definition) is 17. The predicted octanol–water partition coefficient (Wildman–Crippen LogP) is 0.685. The summed E-state index contributed by atoms with van der Waals surface area (Å²) in [6.07, 6.45) is 3.04. The van der Waals surface area contributed by atoms with Gasteiger partial charge in [-0.3, -0.25) is 19.2 Å². The zero-order valence-corrected chi connectivity index (χ0v) is 37.4. The Balaban J connectivity index is 1.55. The maximum Gasteiger partial charge on any atom is 0.407 e. The second-order valence-corrected chi connectivity index (χ2v) is 14.3. The van der Waals surface area contributed by atoms with Gasteiger partial charge in [-0.05, 0) is 56.5 Å². The number of hydrogen-bond donors (Lipinski definition) is 6. The van der Waals surface area contributed by atoms with Gasteiger partial charge in [-0.15, -0.1) is 5.10 Å². The molecular formula is C41H71N9O13. The van der Waals surface area contributed by atoms with E-state index in [1.807, 2.05) is 0 Å². The third-order valence-corrected chi connectivity index (χ3v) is 8.67. The molecule has 1 heterocycles. The van der Waals surface area contributed by atoms with Crippen molar-refractivity contribution in [3.63, 3.8) is 0 Å². The highest BCUT2D eigenvalue weighted by Gasteiger charge is 2.29. The van der Waals surface area contributed by atoms with Gasteiger partial charge < -0.3 is 64.5 Å². The van der Waals surface area contributed by atoms with Crippen molar-refractivity contribution in [1.29, 1.82) is 0 Å². The Morgan fingerprint density at radius 3 is 1.83 bits per heavy atom. The Bertz CT molecular complexity index is 1500. The van der Waals surface area contributed by atoms with Crippen molar-refractivity contribution in [2.45, 2.75) is 71.8 Å². The van der Waals surface area contributed by atoms with Gasteiger partial charge in [-0.1, -0.05) is 38.1 Å². The van der Waals surface area contributed by atoms with Crippen molar-refractivity contribution in [1.82, 2.24) is 36.3 Å². The van der Waals surface area contributed by atoms with E-state index in [9.17, 15) is 19.2 Å². The van der Waals surface area contributed by atoms with Gasteiger partial charge in [0.1, 0.15) is 31.0 Å². The molecule has 1 aromatic carbocycles. The number of anilines is 1. The Morgan fingerprint density at radius 1 is 0.746 bits per heavy atom. The zero-order chi connectivity index (χ0) is 45.8. The van der Waals surface area contributed by atoms with Gasteiger partial charge in [-0.25, -0.2) is 15.4 Å². The molecule has 22 heteroatoms. The summed E-state index contributed by atoms with van der Waals surface area (Å²) in [5, 5.41) is 22.0. The molecule has 0 fully saturated rings. The second kappa shape index (κ2) is 36.0. The fourth-order valence-corrected chi connectivity index (χ4v) is 5.37. The normalized spacial score (nSPS) is 12.2. The van der Waals surface area contributed by atoms with E-state index in [4.69, 9.17) is 43.8 Å². The van der Waals surface area contributed by atoms with Gasteiger partial charge in [0.05, 0.1) is 105 Å². The maximum atomic E-state index is 13.3. The number of nitrogens with two attached hydrogens (primary N) is 1. The van der Waals surface area contributed by atoms with E-state index in [0.29, 0.717) is 129 Å². The van der Waals surface area contributed by atoms with Crippen LogP contribution in [0.4, 0.5) is 10.5 Å². The first-order valence-electron chi connectivity index (χ1n) is 21.5. The van der Waals surface area contributed by atoms with E-state index >= 15 is 0 Å². The number of alkyl carbamates (subject to hydrolysis) is 1. The molecule has 2 aromatic rings. The van der Waals surface area contributed by atoms with Crippen LogP contribution in [0.25, 0.3) is 0 Å². The van der Waals surface area contributed by atoms with Gasteiger partial charge in [0.15, 0.2) is 0 Å². The van der Waals surface area contributed by atoms with Gasteiger partial charge in [0.2, 0.25) is 17.7 Å². The fraction of sp³-hybridized carbons (Fsp3) is 0.707. The molecule has 0 bridgehead atoms. The van der Waals surface area contributed by atoms with E-state index in [0.717, 1.165) is 13.0 Å². The molecule has 2 rings (SSSR count). The van der Waals surface area contributed by atoms with E-state index in [1.165, 1.54) is 0 Å². The molecule has 0 aliphatic heterocycles. The largest absolute Gasteiger partial charge is 0.445 e. The number of amides is 4. The van der Waals surface area contributed by atoms with Crippen LogP contribution in [0.5, 0.6) is 0 Å². The summed E-state index contributed by atoms with van der Waals surface area (Å²) < 4.78 is 45.3. The van der Waals surface area contributed by atoms with Crippen LogP contribution in [0, 0.1) is 5.92 Å². The third kappa shape index (κ3) is 27.4. The maximum absolute atomic E-state index is 13.3. The molecule has 22 nitrogen and oxygen atoms in total. The highest BCUT2D eigenvalue weighted by Crippen LogP contribution is 2.13. The molecule has 358 valence electrons. The molecule has 1 aromatic heterocycles. The number of carbonyl (C=O) groups is 4. The summed E-state index contributed by atoms with van der Waals surface area (Å²) in [7, 11) is 1.79. The average Bonchev–Trinajstić information content (AvgIpc) is 3.73. The topological polar surface area (TPSA) is 268 Å². The molecule has 0 unspecified atom stereocenters. The standard InChI is InChI=1S/C41H71N9O13/c1-5-14-55-16-18-57-20-22-59-24-26-61-27-25-60-23-21-58-19-17-56-15-13-50-29-35(48-49-50)28-44-41(54)62-30-33-8-10-34(11-9-33)45-39(52)36(7-6-12-43-4)46-40(53)38(32(2)3)47-37(51)31-63-42/h8-11,29,32,36,38,43H,5-7,12-28,30-31,42H2,1-4H3,(H,44,54)(H,45,52)(H,46,53)(H,47,51)/t36-,38-/m0/s1. The minimum Gasteiger partial charge on any atom is -0.445 e. The van der Waals surface area contributed by atoms with Crippen molar-refractivity contribution in [3.05, 3.63) is 41.7 Å². The minimum atomic E-state index is -0.897. The molecule has 0 aliphatic carbocycles. The molecule has 63 heavy (non-hydrogen) atoms. The first-order valence-corrected chi connectivity index (χ1v) is 21.5. The lowest BCUT2D eigenvalue weighted by Gasteiger charge is -2.25. The van der Waals surface area contributed by atoms with Crippen LogP contribution < -0.4 is 32.5 Å². The van der Waals surface area contributed by atoms with Crippen LogP contribution in [0.2, 0.25) is 0 Å². The van der Waals surface area contributed by atoms with E-state index in [1.54, 1.807) is 56.0 Å². The SMILES string of the molecule is CCCOCCOCCOCCOCCOCCOCCOCCn1cc(CNC(=O)OCc2ccc(NC(=O)[C@H](CCCNC)NC(=O)[C@@H](NC(=O)CON)C(C)C)cc2)nn1.